The molecule has 0 aliphatic carbocycles. The minimum Gasteiger partial charge on any atom is -0.465 e. The van der Waals surface area contributed by atoms with Gasteiger partial charge in [0.25, 0.3) is 0 Å². The molecule has 0 aromatic carbocycles. The molecule has 0 saturated carbocycles. The summed E-state index contributed by atoms with van der Waals surface area (Å²) >= 11 is 0. The highest BCUT2D eigenvalue weighted by molar-refractivity contribution is 5.96. The first-order chi connectivity index (χ1) is 11.5. The zero-order chi connectivity index (χ0) is 17.5. The molecule has 0 N–H and O–H groups in total. The molecule has 7 heteroatoms. The Bertz CT molecular complexity index is 604. The van der Waals surface area contributed by atoms with Gasteiger partial charge in [0, 0.05) is 32.7 Å². The summed E-state index contributed by atoms with van der Waals surface area (Å²) in [4.78, 5) is 20.5. The minimum absolute atomic E-state index is 0.212. The number of hydrogen-bond donors (Lipinski definition) is 0. The van der Waals surface area contributed by atoms with Crippen molar-refractivity contribution in [1.82, 2.24) is 9.88 Å². The number of ether oxygens (including phenoxy) is 2. The SMILES string of the molecule is COC(=O)c1cc(C#N)ncc1N1CCN(CCOC(C)C)CC1. The van der Waals surface area contributed by atoms with E-state index in [0.717, 1.165) is 45.0 Å². The van der Waals surface area contributed by atoms with Crippen LogP contribution in [0.1, 0.15) is 29.9 Å². The number of pyridine rings is 1. The molecule has 1 fully saturated rings. The number of anilines is 1. The van der Waals surface area contributed by atoms with Gasteiger partial charge < -0.3 is 14.4 Å². The van der Waals surface area contributed by atoms with Crippen molar-refractivity contribution in [2.75, 3.05) is 51.3 Å². The van der Waals surface area contributed by atoms with Crippen molar-refractivity contribution in [3.05, 3.63) is 23.5 Å². The molecule has 24 heavy (non-hydrogen) atoms. The number of rotatable bonds is 6. The zero-order valence-electron chi connectivity index (χ0n) is 14.5. The van der Waals surface area contributed by atoms with E-state index in [0.29, 0.717) is 5.56 Å². The topological polar surface area (TPSA) is 78.7 Å². The van der Waals surface area contributed by atoms with Crippen molar-refractivity contribution in [2.24, 2.45) is 0 Å². The molecule has 0 unspecified atom stereocenters. The van der Waals surface area contributed by atoms with Crippen molar-refractivity contribution in [1.29, 1.82) is 5.26 Å². The van der Waals surface area contributed by atoms with Crippen LogP contribution in [0.2, 0.25) is 0 Å². The lowest BCUT2D eigenvalue weighted by atomic mass is 10.1. The van der Waals surface area contributed by atoms with Gasteiger partial charge in [-0.2, -0.15) is 5.26 Å². The largest absolute Gasteiger partial charge is 0.465 e. The van der Waals surface area contributed by atoms with Crippen LogP contribution in [0.25, 0.3) is 0 Å². The maximum atomic E-state index is 12.0. The third-order valence-corrected chi connectivity index (χ3v) is 3.97. The molecule has 0 atom stereocenters. The summed E-state index contributed by atoms with van der Waals surface area (Å²) in [7, 11) is 1.34. The van der Waals surface area contributed by atoms with E-state index in [2.05, 4.69) is 14.8 Å². The van der Waals surface area contributed by atoms with Gasteiger partial charge in [0.15, 0.2) is 0 Å². The number of esters is 1. The van der Waals surface area contributed by atoms with Gasteiger partial charge in [-0.3, -0.25) is 4.90 Å². The van der Waals surface area contributed by atoms with Crippen LogP contribution in [0.15, 0.2) is 12.3 Å². The molecular weight excluding hydrogens is 308 g/mol. The third-order valence-electron chi connectivity index (χ3n) is 3.97. The molecule has 2 heterocycles. The molecule has 2 rings (SSSR count). The molecule has 0 radical (unpaired) electrons. The lowest BCUT2D eigenvalue weighted by molar-refractivity contribution is 0.0578. The summed E-state index contributed by atoms with van der Waals surface area (Å²) in [6, 6.07) is 3.45. The van der Waals surface area contributed by atoms with Crippen LogP contribution < -0.4 is 4.90 Å². The number of piperazine rings is 1. The Morgan fingerprint density at radius 1 is 1.38 bits per heavy atom. The highest BCUT2D eigenvalue weighted by Crippen LogP contribution is 2.22. The number of nitriles is 1. The number of carbonyl (C=O) groups is 1. The normalized spacial score (nSPS) is 15.4. The summed E-state index contributed by atoms with van der Waals surface area (Å²) < 4.78 is 10.4. The second-order valence-electron chi connectivity index (χ2n) is 5.94. The summed E-state index contributed by atoms with van der Waals surface area (Å²) in [6.45, 7) is 9.06. The van der Waals surface area contributed by atoms with Crippen molar-refractivity contribution < 1.29 is 14.3 Å². The lowest BCUT2D eigenvalue weighted by Crippen LogP contribution is -2.47. The first-order valence-electron chi connectivity index (χ1n) is 8.12. The van der Waals surface area contributed by atoms with E-state index in [4.69, 9.17) is 14.7 Å². The summed E-state index contributed by atoms with van der Waals surface area (Å²) in [5, 5.41) is 8.98. The summed E-state index contributed by atoms with van der Waals surface area (Å²) in [6.07, 6.45) is 1.83. The van der Waals surface area contributed by atoms with E-state index in [1.165, 1.54) is 13.2 Å². The zero-order valence-corrected chi connectivity index (χ0v) is 14.5. The van der Waals surface area contributed by atoms with E-state index in [-0.39, 0.29) is 11.8 Å². The highest BCUT2D eigenvalue weighted by Gasteiger charge is 2.23. The molecule has 7 nitrogen and oxygen atoms in total. The molecule has 1 aromatic rings. The van der Waals surface area contributed by atoms with Gasteiger partial charge in [0.1, 0.15) is 11.8 Å². The van der Waals surface area contributed by atoms with Crippen LogP contribution >= 0.6 is 0 Å². The first-order valence-corrected chi connectivity index (χ1v) is 8.12. The fourth-order valence-electron chi connectivity index (χ4n) is 2.66. The van der Waals surface area contributed by atoms with Crippen LogP contribution in [0, 0.1) is 11.3 Å². The molecule has 1 saturated heterocycles. The average molecular weight is 332 g/mol. The Morgan fingerprint density at radius 2 is 2.08 bits per heavy atom. The molecule has 0 amide bonds. The Kier molecular flexibility index (Phi) is 6.53. The Labute approximate surface area is 142 Å². The maximum absolute atomic E-state index is 12.0. The lowest BCUT2D eigenvalue weighted by Gasteiger charge is -2.36. The standard InChI is InChI=1S/C17H24N4O3/c1-13(2)24-9-8-20-4-6-21(7-5-20)16-12-19-14(11-18)10-15(16)17(22)23-3/h10,12-13H,4-9H2,1-3H3. The minimum atomic E-state index is -0.448. The highest BCUT2D eigenvalue weighted by atomic mass is 16.5. The third kappa shape index (κ3) is 4.66. The van der Waals surface area contributed by atoms with Crippen molar-refractivity contribution in [2.45, 2.75) is 20.0 Å². The fraction of sp³-hybridized carbons (Fsp3) is 0.588. The van der Waals surface area contributed by atoms with Gasteiger partial charge in [-0.15, -0.1) is 0 Å². The van der Waals surface area contributed by atoms with E-state index in [1.807, 2.05) is 19.9 Å². The van der Waals surface area contributed by atoms with Crippen LogP contribution in [-0.2, 0) is 9.47 Å². The molecular formula is C17H24N4O3. The number of hydrogen-bond acceptors (Lipinski definition) is 7. The van der Waals surface area contributed by atoms with Gasteiger partial charge in [0.2, 0.25) is 0 Å². The second-order valence-corrected chi connectivity index (χ2v) is 5.94. The van der Waals surface area contributed by atoms with Crippen LogP contribution in [0.5, 0.6) is 0 Å². The first kappa shape index (κ1) is 18.2. The molecule has 0 bridgehead atoms. The van der Waals surface area contributed by atoms with Crippen molar-refractivity contribution >= 4 is 11.7 Å². The number of nitrogens with zero attached hydrogens (tertiary/aromatic N) is 4. The number of methoxy groups -OCH3 is 1. The average Bonchev–Trinajstić information content (AvgIpc) is 2.61. The molecule has 1 aliphatic rings. The Hall–Kier alpha value is -2.17. The smallest absolute Gasteiger partial charge is 0.340 e. The number of carbonyl (C=O) groups excluding carboxylic acids is 1. The van der Waals surface area contributed by atoms with Crippen molar-refractivity contribution in [3.8, 4) is 6.07 Å². The molecule has 1 aliphatic heterocycles. The molecule has 1 aromatic heterocycles. The Balaban J connectivity index is 2.01. The van der Waals surface area contributed by atoms with Crippen molar-refractivity contribution in [3.63, 3.8) is 0 Å². The molecule has 130 valence electrons. The monoisotopic (exact) mass is 332 g/mol. The predicted octanol–water partition coefficient (Wildman–Crippen LogP) is 1.29. The number of aromatic nitrogens is 1. The maximum Gasteiger partial charge on any atom is 0.340 e. The van der Waals surface area contributed by atoms with E-state index >= 15 is 0 Å². The summed E-state index contributed by atoms with van der Waals surface area (Å²) in [5.74, 6) is -0.448. The van der Waals surface area contributed by atoms with Gasteiger partial charge in [-0.1, -0.05) is 0 Å². The summed E-state index contributed by atoms with van der Waals surface area (Å²) in [5.41, 5.74) is 1.32. The van der Waals surface area contributed by atoms with E-state index < -0.39 is 5.97 Å². The quantitative estimate of drug-likeness (QED) is 0.726. The van der Waals surface area contributed by atoms with Crippen LogP contribution in [0.4, 0.5) is 5.69 Å². The van der Waals surface area contributed by atoms with Gasteiger partial charge in [0.05, 0.1) is 37.3 Å². The predicted molar refractivity (Wildman–Crippen MR) is 90.0 cm³/mol. The van der Waals surface area contributed by atoms with Gasteiger partial charge >= 0.3 is 5.97 Å². The second kappa shape index (κ2) is 8.62. The van der Waals surface area contributed by atoms with Crippen LogP contribution in [0.3, 0.4) is 0 Å². The van der Waals surface area contributed by atoms with E-state index in [9.17, 15) is 4.79 Å². The fourth-order valence-corrected chi connectivity index (χ4v) is 2.66. The van der Waals surface area contributed by atoms with Gasteiger partial charge in [-0.25, -0.2) is 9.78 Å². The molecule has 0 spiro atoms. The van der Waals surface area contributed by atoms with E-state index in [1.54, 1.807) is 6.20 Å². The van der Waals surface area contributed by atoms with Gasteiger partial charge in [-0.05, 0) is 19.9 Å². The van der Waals surface area contributed by atoms with Crippen LogP contribution in [-0.4, -0.2) is 68.4 Å². The Morgan fingerprint density at radius 3 is 2.67 bits per heavy atom.